The third-order valence-corrected chi connectivity index (χ3v) is 4.39. The molecule has 2 atom stereocenters. The Bertz CT molecular complexity index is 507. The van der Waals surface area contributed by atoms with Crippen molar-refractivity contribution < 1.29 is 14.6 Å². The summed E-state index contributed by atoms with van der Waals surface area (Å²) in [5, 5.41) is 13.6. The van der Waals surface area contributed by atoms with Crippen LogP contribution in [0.5, 0.6) is 0 Å². The van der Waals surface area contributed by atoms with Gasteiger partial charge in [0, 0.05) is 6.20 Å². The van der Waals surface area contributed by atoms with E-state index in [-0.39, 0.29) is 0 Å². The van der Waals surface area contributed by atoms with Gasteiger partial charge in [0.15, 0.2) is 0 Å². The minimum absolute atomic E-state index is 0.391. The molecule has 1 aromatic rings. The Morgan fingerprint density at radius 3 is 2.62 bits per heavy atom. The van der Waals surface area contributed by atoms with Gasteiger partial charge < -0.3 is 15.2 Å². The van der Waals surface area contributed by atoms with Crippen molar-refractivity contribution >= 4 is 6.09 Å². The fourth-order valence-corrected chi connectivity index (χ4v) is 3.26. The summed E-state index contributed by atoms with van der Waals surface area (Å²) in [6, 6.07) is 5.05. The summed E-state index contributed by atoms with van der Waals surface area (Å²) in [6.45, 7) is 5.49. The van der Waals surface area contributed by atoms with Gasteiger partial charge >= 0.3 is 6.09 Å². The number of carbonyl (C=O) groups is 1. The molecular weight excluding hydrogens is 304 g/mol. The maximum Gasteiger partial charge on any atom is 0.407 e. The van der Waals surface area contributed by atoms with E-state index in [1.807, 2.05) is 32.9 Å². The van der Waals surface area contributed by atoms with Crippen LogP contribution in [0.4, 0.5) is 4.79 Å². The molecule has 1 saturated carbocycles. The quantitative estimate of drug-likeness (QED) is 0.854. The van der Waals surface area contributed by atoms with Gasteiger partial charge in [-0.15, -0.1) is 0 Å². The Morgan fingerprint density at radius 1 is 1.33 bits per heavy atom. The summed E-state index contributed by atoms with van der Waals surface area (Å²) in [7, 11) is 0. The number of nitrogens with one attached hydrogen (secondary N) is 1. The topological polar surface area (TPSA) is 71.5 Å². The van der Waals surface area contributed by atoms with Crippen LogP contribution in [0.3, 0.4) is 0 Å². The number of pyridine rings is 1. The normalized spacial score (nSPS) is 18.7. The highest BCUT2D eigenvalue weighted by Crippen LogP contribution is 2.30. The van der Waals surface area contributed by atoms with E-state index in [9.17, 15) is 9.90 Å². The summed E-state index contributed by atoms with van der Waals surface area (Å²) in [5.74, 6) is 0.525. The van der Waals surface area contributed by atoms with Crippen LogP contribution in [-0.4, -0.2) is 27.8 Å². The highest BCUT2D eigenvalue weighted by Gasteiger charge is 2.29. The van der Waals surface area contributed by atoms with E-state index < -0.39 is 23.8 Å². The van der Waals surface area contributed by atoms with Crippen molar-refractivity contribution in [3.8, 4) is 0 Å². The Labute approximate surface area is 144 Å². The van der Waals surface area contributed by atoms with Crippen molar-refractivity contribution in [1.82, 2.24) is 10.3 Å². The number of carbonyl (C=O) groups excluding carboxylic acids is 1. The standard InChI is InChI=1S/C19H30N2O3/c1-19(2,3)24-18(23)21-16(13-14-9-5-4-6-10-14)17(22)15-11-7-8-12-20-15/h7-8,11-12,14,16-17,22H,4-6,9-10,13H2,1-3H3,(H,21,23)/t16?,17-/m0/s1. The summed E-state index contributed by atoms with van der Waals surface area (Å²) < 4.78 is 5.36. The summed E-state index contributed by atoms with van der Waals surface area (Å²) in [4.78, 5) is 16.4. The number of hydrogen-bond donors (Lipinski definition) is 2. The molecule has 2 N–H and O–H groups in total. The fraction of sp³-hybridized carbons (Fsp3) is 0.684. The number of rotatable bonds is 5. The van der Waals surface area contributed by atoms with E-state index in [1.54, 1.807) is 12.3 Å². The smallest absolute Gasteiger partial charge is 0.407 e. The van der Waals surface area contributed by atoms with Gasteiger partial charge in [0.1, 0.15) is 11.7 Å². The number of aliphatic hydroxyl groups is 1. The SMILES string of the molecule is CC(C)(C)OC(=O)NC(CC1CCCCC1)[C@@H](O)c1ccccn1. The van der Waals surface area contributed by atoms with Crippen LogP contribution in [-0.2, 0) is 4.74 Å². The van der Waals surface area contributed by atoms with Gasteiger partial charge in [-0.3, -0.25) is 4.98 Å². The van der Waals surface area contributed by atoms with E-state index in [0.717, 1.165) is 19.3 Å². The second-order valence-corrected chi connectivity index (χ2v) is 7.69. The average molecular weight is 334 g/mol. The molecule has 0 spiro atoms. The molecule has 0 bridgehead atoms. The number of ether oxygens (including phenoxy) is 1. The van der Waals surface area contributed by atoms with Crippen LogP contribution < -0.4 is 5.32 Å². The number of aromatic nitrogens is 1. The second-order valence-electron chi connectivity index (χ2n) is 7.69. The first-order chi connectivity index (χ1) is 11.3. The van der Waals surface area contributed by atoms with Gasteiger partial charge in [0.05, 0.1) is 11.7 Å². The van der Waals surface area contributed by atoms with Gasteiger partial charge in [-0.1, -0.05) is 38.2 Å². The number of alkyl carbamates (subject to hydrolysis) is 1. The van der Waals surface area contributed by atoms with Crippen LogP contribution in [0.15, 0.2) is 24.4 Å². The monoisotopic (exact) mass is 334 g/mol. The number of aliphatic hydroxyl groups excluding tert-OH is 1. The Balaban J connectivity index is 2.06. The maximum absolute atomic E-state index is 12.2. The highest BCUT2D eigenvalue weighted by atomic mass is 16.6. The van der Waals surface area contributed by atoms with Crippen LogP contribution in [0.25, 0.3) is 0 Å². The van der Waals surface area contributed by atoms with E-state index in [4.69, 9.17) is 4.74 Å². The summed E-state index contributed by atoms with van der Waals surface area (Å²) in [6.07, 6.45) is 7.12. The lowest BCUT2D eigenvalue weighted by atomic mass is 9.83. The van der Waals surface area contributed by atoms with Gasteiger partial charge in [0.2, 0.25) is 0 Å². The third-order valence-electron chi connectivity index (χ3n) is 4.39. The fourth-order valence-electron chi connectivity index (χ4n) is 3.26. The van der Waals surface area contributed by atoms with Gasteiger partial charge in [-0.25, -0.2) is 4.79 Å². The first-order valence-electron chi connectivity index (χ1n) is 8.93. The predicted molar refractivity (Wildman–Crippen MR) is 93.5 cm³/mol. The molecule has 1 heterocycles. The third kappa shape index (κ3) is 6.11. The number of nitrogens with zero attached hydrogens (tertiary/aromatic N) is 1. The Kier molecular flexibility index (Phi) is 6.60. The molecule has 5 nitrogen and oxygen atoms in total. The molecule has 1 aliphatic rings. The molecule has 1 unspecified atom stereocenters. The van der Waals surface area contributed by atoms with Crippen LogP contribution in [0.2, 0.25) is 0 Å². The highest BCUT2D eigenvalue weighted by molar-refractivity contribution is 5.68. The van der Waals surface area contributed by atoms with Gasteiger partial charge in [-0.05, 0) is 45.2 Å². The van der Waals surface area contributed by atoms with Gasteiger partial charge in [0.25, 0.3) is 0 Å². The van der Waals surface area contributed by atoms with Crippen molar-refractivity contribution in [2.75, 3.05) is 0 Å². The maximum atomic E-state index is 12.2. The molecule has 0 aromatic carbocycles. The van der Waals surface area contributed by atoms with Crippen LogP contribution >= 0.6 is 0 Å². The van der Waals surface area contributed by atoms with Crippen molar-refractivity contribution in [3.05, 3.63) is 30.1 Å². The van der Waals surface area contributed by atoms with Crippen molar-refractivity contribution in [3.63, 3.8) is 0 Å². The molecular formula is C19H30N2O3. The molecule has 1 aromatic heterocycles. The van der Waals surface area contributed by atoms with E-state index in [2.05, 4.69) is 10.3 Å². The molecule has 24 heavy (non-hydrogen) atoms. The minimum atomic E-state index is -0.833. The lowest BCUT2D eigenvalue weighted by Gasteiger charge is -2.30. The largest absolute Gasteiger partial charge is 0.444 e. The predicted octanol–water partition coefficient (Wildman–Crippen LogP) is 3.98. The molecule has 5 heteroatoms. The van der Waals surface area contributed by atoms with E-state index in [1.165, 1.54) is 19.3 Å². The van der Waals surface area contributed by atoms with Gasteiger partial charge in [-0.2, -0.15) is 0 Å². The molecule has 134 valence electrons. The molecule has 2 rings (SSSR count). The molecule has 0 saturated heterocycles. The lowest BCUT2D eigenvalue weighted by molar-refractivity contribution is 0.0385. The zero-order chi connectivity index (χ0) is 17.6. The number of amides is 1. The Morgan fingerprint density at radius 2 is 2.04 bits per heavy atom. The van der Waals surface area contributed by atoms with Crippen LogP contribution in [0.1, 0.15) is 71.1 Å². The lowest BCUT2D eigenvalue weighted by Crippen LogP contribution is -2.43. The minimum Gasteiger partial charge on any atom is -0.444 e. The average Bonchev–Trinajstić information content (AvgIpc) is 2.53. The zero-order valence-electron chi connectivity index (χ0n) is 15.0. The molecule has 1 fully saturated rings. The van der Waals surface area contributed by atoms with E-state index >= 15 is 0 Å². The Hall–Kier alpha value is -1.62. The van der Waals surface area contributed by atoms with Crippen molar-refractivity contribution in [2.24, 2.45) is 5.92 Å². The molecule has 1 amide bonds. The summed E-state index contributed by atoms with van der Waals surface area (Å²) in [5.41, 5.74) is 0.0180. The van der Waals surface area contributed by atoms with Crippen LogP contribution in [0, 0.1) is 5.92 Å². The molecule has 0 aliphatic heterocycles. The first kappa shape index (κ1) is 18.7. The zero-order valence-corrected chi connectivity index (χ0v) is 15.0. The number of hydrogen-bond acceptors (Lipinski definition) is 4. The van der Waals surface area contributed by atoms with Crippen molar-refractivity contribution in [1.29, 1.82) is 0 Å². The molecule has 1 aliphatic carbocycles. The summed E-state index contributed by atoms with van der Waals surface area (Å²) >= 11 is 0. The first-order valence-corrected chi connectivity index (χ1v) is 8.93. The van der Waals surface area contributed by atoms with Crippen molar-refractivity contribution in [2.45, 2.75) is 77.0 Å². The molecule has 0 radical (unpaired) electrons. The second kappa shape index (κ2) is 8.47. The van der Waals surface area contributed by atoms with E-state index in [0.29, 0.717) is 11.6 Å².